The van der Waals surface area contributed by atoms with Gasteiger partial charge in [-0.2, -0.15) is 19.3 Å². The van der Waals surface area contributed by atoms with Gasteiger partial charge in [-0.3, -0.25) is 18.4 Å². The molecule has 5 N–H and O–H groups in total. The molecule has 0 aliphatic heterocycles. The first-order chi connectivity index (χ1) is 35.2. The molecule has 6 aromatic rings. The first-order valence-corrected chi connectivity index (χ1v) is 28.5. The van der Waals surface area contributed by atoms with Gasteiger partial charge in [0, 0.05) is 22.1 Å². The third-order valence-electron chi connectivity index (χ3n) is 9.14. The summed E-state index contributed by atoms with van der Waals surface area (Å²) in [5.41, 5.74) is 3.87. The van der Waals surface area contributed by atoms with E-state index in [9.17, 15) is 71.4 Å². The second kappa shape index (κ2) is 33.8. The number of aromatic nitrogens is 3. The van der Waals surface area contributed by atoms with E-state index in [-0.39, 0.29) is 227 Å². The monoisotopic (exact) mass is 1310 g/mol. The summed E-state index contributed by atoms with van der Waals surface area (Å²) in [6.07, 6.45) is 0. The van der Waals surface area contributed by atoms with Crippen molar-refractivity contribution in [3.63, 3.8) is 0 Å². The fourth-order valence-electron chi connectivity index (χ4n) is 5.96. The van der Waals surface area contributed by atoms with E-state index in [0.29, 0.717) is 6.07 Å². The maximum absolute atomic E-state index is 12.8. The molecule has 0 unspecified atom stereocenters. The Morgan fingerprint density at radius 1 is 0.600 bits per heavy atom. The van der Waals surface area contributed by atoms with Crippen LogP contribution in [0.1, 0.15) is 0 Å². The summed E-state index contributed by atoms with van der Waals surface area (Å²) in [6, 6.07) is 13.5. The van der Waals surface area contributed by atoms with Crippen LogP contribution in [-0.2, 0) is 77.4 Å². The normalized spacial score (nSPS) is 12.0. The number of fused-ring (bicyclic) bond motifs is 1. The quantitative estimate of drug-likeness (QED) is 0.00476. The first-order valence-electron chi connectivity index (χ1n) is 19.3. The van der Waals surface area contributed by atoms with E-state index in [1.807, 2.05) is 0 Å². The smallest absolute Gasteiger partial charge is 0.744 e. The fraction of sp³-hybridized carbons (Fsp3) is 0.114. The summed E-state index contributed by atoms with van der Waals surface area (Å²) < 4.78 is 174. The van der Waals surface area contributed by atoms with Crippen LogP contribution in [0.4, 0.5) is 51.7 Å². The van der Waals surface area contributed by atoms with Gasteiger partial charge in [0.25, 0.3) is 0 Å². The third kappa shape index (κ3) is 22.1. The van der Waals surface area contributed by atoms with Crippen molar-refractivity contribution >= 4 is 149 Å². The minimum absolute atomic E-state index is 0. The molecule has 0 spiro atoms. The number of aromatic hydroxyl groups is 1. The van der Waals surface area contributed by atoms with Gasteiger partial charge in [-0.15, -0.1) is 24.8 Å². The number of phenols is 1. The van der Waals surface area contributed by atoms with Crippen LogP contribution in [0.25, 0.3) is 10.8 Å². The van der Waals surface area contributed by atoms with Crippen molar-refractivity contribution in [2.45, 2.75) is 24.5 Å². The maximum Gasteiger partial charge on any atom is 1.00 e. The number of anilines is 5. The van der Waals surface area contributed by atoms with Gasteiger partial charge < -0.3 is 45.6 Å². The molecule has 45 heteroatoms. The molecule has 6 rings (SSSR count). The van der Waals surface area contributed by atoms with Crippen molar-refractivity contribution in [3.8, 4) is 5.75 Å². The van der Waals surface area contributed by atoms with Gasteiger partial charge in [-0.1, -0.05) is 0 Å². The first kappa shape index (κ1) is 77.1. The number of azo groups is 2. The zero-order valence-electron chi connectivity index (χ0n) is 41.3. The van der Waals surface area contributed by atoms with Gasteiger partial charge in [-0.05, 0) is 90.5 Å². The third-order valence-corrected chi connectivity index (χ3v) is 15.9. The van der Waals surface area contributed by atoms with Crippen molar-refractivity contribution in [1.29, 1.82) is 0 Å². The molecule has 0 amide bonds. The number of halogens is 1. The molecule has 0 fully saturated rings. The van der Waals surface area contributed by atoms with E-state index in [0.717, 1.165) is 48.5 Å². The SMILES string of the molecule is Nc1ccc2c(O)c(N=Nc3cc(Nc4nc(Cl)nc(Nc5ccc(S(=O)(=O)CCOS(=O)(=O)[O-])cc5)n4)ccc3S(=O)(=O)[O-])c(SOO[O-])cc2c1N=Nc1ccc(S(=O)(=O)CCOSOO[O-])cc1S(=O)(=O)[O-].[Na+].[Na+].[Na+].[Na+].[Na+]. The van der Waals surface area contributed by atoms with Crippen molar-refractivity contribution in [2.24, 2.45) is 20.5 Å². The second-order valence-corrected chi connectivity index (χ2v) is 23.5. The Kier molecular flexibility index (Phi) is 32.6. The molecule has 0 aliphatic rings. The Balaban J connectivity index is 0.00000640. The van der Waals surface area contributed by atoms with Crippen LogP contribution >= 0.6 is 36.0 Å². The van der Waals surface area contributed by atoms with Gasteiger partial charge >= 0.3 is 148 Å². The van der Waals surface area contributed by atoms with Gasteiger partial charge in [-0.25, -0.2) is 42.1 Å². The van der Waals surface area contributed by atoms with Crippen LogP contribution < -0.4 is 175 Å². The second-order valence-electron chi connectivity index (χ2n) is 13.9. The van der Waals surface area contributed by atoms with E-state index in [4.69, 9.17) is 17.3 Å². The molecule has 1 aromatic heterocycles. The summed E-state index contributed by atoms with van der Waals surface area (Å²) in [6.45, 7) is -1.50. The van der Waals surface area contributed by atoms with Crippen LogP contribution in [0.15, 0.2) is 124 Å². The van der Waals surface area contributed by atoms with E-state index in [2.05, 4.69) is 73.2 Å². The summed E-state index contributed by atoms with van der Waals surface area (Å²) in [5.74, 6) is -2.93. The number of nitrogens with two attached hydrogens (primary N) is 1. The predicted molar refractivity (Wildman–Crippen MR) is 249 cm³/mol. The van der Waals surface area contributed by atoms with Crippen LogP contribution in [0.3, 0.4) is 0 Å². The number of hydrogen-bond acceptors (Lipinski definition) is 34. The molecular formula is C35H26ClN10Na5O22S7. The number of phenolic OH excluding ortho intramolecular Hbond substituents is 1. The molecule has 402 valence electrons. The maximum atomic E-state index is 12.8. The van der Waals surface area contributed by atoms with E-state index in [1.165, 1.54) is 24.3 Å². The number of benzene rings is 5. The average molecular weight is 1310 g/mol. The Bertz CT molecular complexity index is 3800. The standard InChI is InChI=1S/C35H31ClN10O22S7.5Na/c36-33-40-34(38-18-1-4-20(5-2-18)71(50,51)14-12-64-75(60,61)62)42-35(41-33)39-19-3-10-28(73(54,55)56)26(15-19)44-46-31-27(69-67-65-48)17-23-22(32(31)47)7-8-24(37)30(23)45-43-25-9-6-21(16-29(25)74(57,58)59)72(52,53)13-11-63-70-68-66-49;;;;;/h1-10,15-17,47-49H,11-14,37H2,(H,54,55,56)(H,57,58,59)(H,60,61,62)(H2,38,39,40,41,42);;;;;/q;5*+1/p-5. The molecule has 0 radical (unpaired) electrons. The van der Waals surface area contributed by atoms with Crippen LogP contribution in [0.2, 0.25) is 5.28 Å². The molecule has 32 nitrogen and oxygen atoms in total. The Morgan fingerprint density at radius 3 is 1.75 bits per heavy atom. The van der Waals surface area contributed by atoms with Crippen molar-refractivity contribution in [3.05, 3.63) is 84.1 Å². The Hall–Kier alpha value is -0.930. The topological polar surface area (TPSA) is 500 Å². The molecule has 0 aliphatic carbocycles. The van der Waals surface area contributed by atoms with Gasteiger partial charge in [0.05, 0.1) is 66.9 Å². The van der Waals surface area contributed by atoms with Gasteiger partial charge in [0.2, 0.25) is 27.6 Å². The number of nitrogens with zero attached hydrogens (tertiary/aromatic N) is 7. The number of sulfone groups is 2. The van der Waals surface area contributed by atoms with Gasteiger partial charge in [0.15, 0.2) is 37.7 Å². The number of rotatable bonds is 25. The molecule has 0 atom stereocenters. The van der Waals surface area contributed by atoms with Crippen LogP contribution in [0, 0.1) is 0 Å². The zero-order chi connectivity index (χ0) is 54.9. The van der Waals surface area contributed by atoms with E-state index >= 15 is 0 Å². The Labute approximate surface area is 577 Å². The average Bonchev–Trinajstić information content (AvgIpc) is 3.31. The Morgan fingerprint density at radius 2 is 1.15 bits per heavy atom. The largest absolute Gasteiger partial charge is 1.00 e. The fourth-order valence-corrected chi connectivity index (χ4v) is 10.8. The molecule has 1 heterocycles. The minimum atomic E-state index is -5.46. The number of nitrogens with one attached hydrogen (secondary N) is 2. The predicted octanol–water partition coefficient (Wildman–Crippen LogP) is -11.8. The van der Waals surface area contributed by atoms with Crippen LogP contribution in [0.5, 0.6) is 5.75 Å². The summed E-state index contributed by atoms with van der Waals surface area (Å²) >= 11 is 6.25. The van der Waals surface area contributed by atoms with E-state index in [1.54, 1.807) is 0 Å². The number of hydrogen-bond donors (Lipinski definition) is 4. The molecular weight excluding hydrogens is 1290 g/mol. The number of nitrogen functional groups attached to an aromatic ring is 1. The van der Waals surface area contributed by atoms with Gasteiger partial charge in [0.1, 0.15) is 43.0 Å². The minimum Gasteiger partial charge on any atom is -0.744 e. The molecule has 0 bridgehead atoms. The van der Waals surface area contributed by atoms with Crippen molar-refractivity contribution in [2.75, 3.05) is 41.1 Å². The summed E-state index contributed by atoms with van der Waals surface area (Å²) in [7, 11) is -24.3. The van der Waals surface area contributed by atoms with Crippen molar-refractivity contribution < 1.29 is 246 Å². The molecule has 0 saturated carbocycles. The summed E-state index contributed by atoms with van der Waals surface area (Å²) in [4.78, 5) is 8.67. The molecule has 80 heavy (non-hydrogen) atoms. The summed E-state index contributed by atoms with van der Waals surface area (Å²) in [5, 5.41) is 59.2. The van der Waals surface area contributed by atoms with E-state index < -0.39 is 118 Å². The molecule has 5 aromatic carbocycles. The zero-order valence-corrected chi connectivity index (χ0v) is 57.8. The van der Waals surface area contributed by atoms with Crippen LogP contribution in [-0.4, -0.2) is 101 Å². The van der Waals surface area contributed by atoms with Crippen molar-refractivity contribution in [1.82, 2.24) is 15.0 Å². The molecule has 0 saturated heterocycles.